The van der Waals surface area contributed by atoms with E-state index >= 15 is 0 Å². The van der Waals surface area contributed by atoms with Crippen LogP contribution in [0.4, 0.5) is 0 Å². The van der Waals surface area contributed by atoms with E-state index in [0.717, 1.165) is 32.8 Å². The minimum Gasteiger partial charge on any atom is -0.381 e. The molecule has 0 aliphatic carbocycles. The fraction of sp³-hybridized carbons (Fsp3) is 0.438. The van der Waals surface area contributed by atoms with Gasteiger partial charge >= 0.3 is 0 Å². The van der Waals surface area contributed by atoms with Gasteiger partial charge in [-0.25, -0.2) is 4.98 Å². The summed E-state index contributed by atoms with van der Waals surface area (Å²) >= 11 is 1.74. The van der Waals surface area contributed by atoms with Crippen molar-refractivity contribution in [2.45, 2.75) is 19.5 Å². The Morgan fingerprint density at radius 3 is 2.85 bits per heavy atom. The minimum absolute atomic E-state index is 0.665. The highest BCUT2D eigenvalue weighted by molar-refractivity contribution is 7.09. The van der Waals surface area contributed by atoms with Crippen LogP contribution in [0.3, 0.4) is 0 Å². The van der Waals surface area contributed by atoms with Crippen LogP contribution in [0, 0.1) is 5.92 Å². The Morgan fingerprint density at radius 2 is 2.15 bits per heavy atom. The van der Waals surface area contributed by atoms with E-state index in [-0.39, 0.29) is 0 Å². The molecule has 106 valence electrons. The molecule has 0 unspecified atom stereocenters. The second kappa shape index (κ2) is 6.97. The van der Waals surface area contributed by atoms with E-state index in [0.29, 0.717) is 5.92 Å². The zero-order chi connectivity index (χ0) is 13.6. The topological polar surface area (TPSA) is 25.4 Å². The summed E-state index contributed by atoms with van der Waals surface area (Å²) in [6.07, 6.45) is 3.07. The molecule has 1 saturated heterocycles. The molecule has 0 N–H and O–H groups in total. The maximum absolute atomic E-state index is 5.50. The van der Waals surface area contributed by atoms with Crippen molar-refractivity contribution in [2.24, 2.45) is 5.92 Å². The van der Waals surface area contributed by atoms with Crippen LogP contribution in [0.5, 0.6) is 0 Å². The number of hydrogen-bond donors (Lipinski definition) is 0. The number of nitrogens with zero attached hydrogens (tertiary/aromatic N) is 2. The molecule has 1 aliphatic heterocycles. The van der Waals surface area contributed by atoms with Crippen molar-refractivity contribution >= 4 is 11.3 Å². The molecule has 0 saturated carbocycles. The second-order valence-electron chi connectivity index (χ2n) is 5.31. The molecule has 1 atom stereocenters. The van der Waals surface area contributed by atoms with Crippen LogP contribution >= 0.6 is 11.3 Å². The first-order valence-electron chi connectivity index (χ1n) is 7.12. The molecule has 0 radical (unpaired) electrons. The van der Waals surface area contributed by atoms with Gasteiger partial charge in [0.1, 0.15) is 5.01 Å². The third-order valence-electron chi connectivity index (χ3n) is 3.63. The van der Waals surface area contributed by atoms with Crippen LogP contribution in [0.1, 0.15) is 17.0 Å². The number of rotatable bonds is 6. The molecule has 1 fully saturated rings. The van der Waals surface area contributed by atoms with Crippen LogP contribution < -0.4 is 0 Å². The van der Waals surface area contributed by atoms with Gasteiger partial charge in [0.2, 0.25) is 0 Å². The van der Waals surface area contributed by atoms with E-state index in [4.69, 9.17) is 4.74 Å². The maximum atomic E-state index is 5.50. The van der Waals surface area contributed by atoms with Gasteiger partial charge in [0, 0.05) is 31.3 Å². The van der Waals surface area contributed by atoms with Gasteiger partial charge in [-0.3, -0.25) is 4.90 Å². The molecule has 3 nitrogen and oxygen atoms in total. The predicted octanol–water partition coefficient (Wildman–Crippen LogP) is 3.18. The SMILES string of the molecule is c1ccc(CN(Cc2nccs2)C[C@H]2CCOC2)cc1. The maximum Gasteiger partial charge on any atom is 0.107 e. The van der Waals surface area contributed by atoms with Crippen LogP contribution in [-0.2, 0) is 17.8 Å². The minimum atomic E-state index is 0.665. The first kappa shape index (κ1) is 13.7. The number of hydrogen-bond acceptors (Lipinski definition) is 4. The Labute approximate surface area is 124 Å². The smallest absolute Gasteiger partial charge is 0.107 e. The molecule has 3 rings (SSSR count). The third kappa shape index (κ3) is 3.88. The average Bonchev–Trinajstić information content (AvgIpc) is 3.13. The Hall–Kier alpha value is -1.23. The molecule has 20 heavy (non-hydrogen) atoms. The largest absolute Gasteiger partial charge is 0.381 e. The van der Waals surface area contributed by atoms with Gasteiger partial charge in [0.15, 0.2) is 0 Å². The van der Waals surface area contributed by atoms with Gasteiger partial charge in [-0.05, 0) is 17.9 Å². The summed E-state index contributed by atoms with van der Waals surface area (Å²) in [5.74, 6) is 0.665. The highest BCUT2D eigenvalue weighted by Gasteiger charge is 2.20. The first-order valence-corrected chi connectivity index (χ1v) is 8.00. The number of thiazole rings is 1. The Kier molecular flexibility index (Phi) is 4.79. The molecule has 0 amide bonds. The Bertz CT molecular complexity index is 494. The van der Waals surface area contributed by atoms with E-state index < -0.39 is 0 Å². The van der Waals surface area contributed by atoms with Gasteiger partial charge in [-0.15, -0.1) is 11.3 Å². The molecule has 1 aliphatic rings. The summed E-state index contributed by atoms with van der Waals surface area (Å²) in [5, 5.41) is 3.24. The molecule has 0 spiro atoms. The van der Waals surface area contributed by atoms with Crippen molar-refractivity contribution in [1.82, 2.24) is 9.88 Å². The highest BCUT2D eigenvalue weighted by Crippen LogP contribution is 2.18. The van der Waals surface area contributed by atoms with E-state index in [1.807, 2.05) is 6.20 Å². The molecular weight excluding hydrogens is 268 g/mol. The van der Waals surface area contributed by atoms with Gasteiger partial charge < -0.3 is 4.74 Å². The lowest BCUT2D eigenvalue weighted by atomic mass is 10.1. The van der Waals surface area contributed by atoms with Crippen molar-refractivity contribution in [3.63, 3.8) is 0 Å². The summed E-state index contributed by atoms with van der Waals surface area (Å²) in [7, 11) is 0. The van der Waals surface area contributed by atoms with E-state index in [1.54, 1.807) is 11.3 Å². The Morgan fingerprint density at radius 1 is 1.25 bits per heavy atom. The monoisotopic (exact) mass is 288 g/mol. The van der Waals surface area contributed by atoms with Gasteiger partial charge in [0.25, 0.3) is 0 Å². The van der Waals surface area contributed by atoms with Crippen LogP contribution in [0.25, 0.3) is 0 Å². The Balaban J connectivity index is 1.65. The lowest BCUT2D eigenvalue weighted by Crippen LogP contribution is -2.29. The molecule has 4 heteroatoms. The summed E-state index contributed by atoms with van der Waals surface area (Å²) in [6, 6.07) is 10.7. The van der Waals surface area contributed by atoms with Crippen molar-refractivity contribution in [2.75, 3.05) is 19.8 Å². The third-order valence-corrected chi connectivity index (χ3v) is 4.40. The standard InChI is InChI=1S/C16H20N2OS/c1-2-4-14(5-3-1)10-18(11-15-6-8-19-13-15)12-16-17-7-9-20-16/h1-5,7,9,15H,6,8,10-13H2/t15-/m1/s1. The molecule has 1 aromatic heterocycles. The molecule has 2 heterocycles. The average molecular weight is 288 g/mol. The van der Waals surface area contributed by atoms with Gasteiger partial charge in [-0.2, -0.15) is 0 Å². The normalized spacial score (nSPS) is 18.8. The first-order chi connectivity index (χ1) is 9.90. The lowest BCUT2D eigenvalue weighted by Gasteiger charge is -2.24. The zero-order valence-corrected chi connectivity index (χ0v) is 12.4. The van der Waals surface area contributed by atoms with Crippen molar-refractivity contribution < 1.29 is 4.74 Å². The molecule has 0 bridgehead atoms. The van der Waals surface area contributed by atoms with E-state index in [9.17, 15) is 0 Å². The molecule has 2 aromatic rings. The summed E-state index contributed by atoms with van der Waals surface area (Å²) in [5.41, 5.74) is 1.36. The van der Waals surface area contributed by atoms with Crippen LogP contribution in [0.15, 0.2) is 41.9 Å². The lowest BCUT2D eigenvalue weighted by molar-refractivity contribution is 0.161. The highest BCUT2D eigenvalue weighted by atomic mass is 32.1. The van der Waals surface area contributed by atoms with E-state index in [1.165, 1.54) is 17.0 Å². The summed E-state index contributed by atoms with van der Waals surface area (Å²) in [4.78, 5) is 6.91. The fourth-order valence-electron chi connectivity index (χ4n) is 2.64. The van der Waals surface area contributed by atoms with Crippen LogP contribution in [0.2, 0.25) is 0 Å². The molecular formula is C16H20N2OS. The second-order valence-corrected chi connectivity index (χ2v) is 6.29. The quantitative estimate of drug-likeness (QED) is 0.816. The van der Waals surface area contributed by atoms with Crippen molar-refractivity contribution in [3.8, 4) is 0 Å². The van der Waals surface area contributed by atoms with Gasteiger partial charge in [-0.1, -0.05) is 30.3 Å². The molecule has 1 aromatic carbocycles. The predicted molar refractivity (Wildman–Crippen MR) is 81.6 cm³/mol. The van der Waals surface area contributed by atoms with Crippen molar-refractivity contribution in [1.29, 1.82) is 0 Å². The number of aromatic nitrogens is 1. The number of ether oxygens (including phenoxy) is 1. The van der Waals surface area contributed by atoms with Gasteiger partial charge in [0.05, 0.1) is 13.2 Å². The zero-order valence-electron chi connectivity index (χ0n) is 11.6. The van der Waals surface area contributed by atoms with Crippen molar-refractivity contribution in [3.05, 3.63) is 52.5 Å². The summed E-state index contributed by atoms with van der Waals surface area (Å²) in [6.45, 7) is 4.83. The van der Waals surface area contributed by atoms with E-state index in [2.05, 4.69) is 45.6 Å². The number of benzene rings is 1. The fourth-order valence-corrected chi connectivity index (χ4v) is 3.30. The van der Waals surface area contributed by atoms with Crippen LogP contribution in [-0.4, -0.2) is 29.6 Å². The summed E-state index contributed by atoms with van der Waals surface area (Å²) < 4.78 is 5.50.